The highest BCUT2D eigenvalue weighted by Gasteiger charge is 2.32. The lowest BCUT2D eigenvalue weighted by molar-refractivity contribution is -0.110. The zero-order valence-electron chi connectivity index (χ0n) is 6.88. The maximum absolute atomic E-state index is 10.2. The largest absolute Gasteiger partial charge is 0.368 e. The van der Waals surface area contributed by atoms with E-state index in [0.29, 0.717) is 6.42 Å². The van der Waals surface area contributed by atoms with E-state index in [4.69, 9.17) is 4.74 Å². The van der Waals surface area contributed by atoms with Crippen LogP contribution in [0.5, 0.6) is 0 Å². The van der Waals surface area contributed by atoms with E-state index in [0.717, 1.165) is 19.1 Å². The maximum Gasteiger partial charge on any atom is 0.122 e. The van der Waals surface area contributed by atoms with E-state index in [2.05, 4.69) is 6.58 Å². The summed E-state index contributed by atoms with van der Waals surface area (Å²) in [6, 6.07) is 0. The number of carbonyl (C=O) groups excluding carboxylic acids is 1. The Balaban J connectivity index is 2.45. The van der Waals surface area contributed by atoms with E-state index >= 15 is 0 Å². The quantitative estimate of drug-likeness (QED) is 0.457. The second-order valence-corrected chi connectivity index (χ2v) is 3.20. The highest BCUT2D eigenvalue weighted by molar-refractivity contribution is 5.50. The van der Waals surface area contributed by atoms with Gasteiger partial charge < -0.3 is 9.53 Å². The maximum atomic E-state index is 10.2. The number of aldehydes is 1. The molecule has 0 aliphatic carbocycles. The summed E-state index contributed by atoms with van der Waals surface area (Å²) in [5.74, 6) is 0. The van der Waals surface area contributed by atoms with Crippen LogP contribution in [0.3, 0.4) is 0 Å². The lowest BCUT2D eigenvalue weighted by atomic mass is 10.0. The minimum Gasteiger partial charge on any atom is -0.368 e. The van der Waals surface area contributed by atoms with Crippen molar-refractivity contribution in [1.82, 2.24) is 0 Å². The van der Waals surface area contributed by atoms with Crippen LogP contribution < -0.4 is 0 Å². The van der Waals surface area contributed by atoms with Gasteiger partial charge in [0.15, 0.2) is 0 Å². The Morgan fingerprint density at radius 2 is 2.55 bits per heavy atom. The van der Waals surface area contributed by atoms with E-state index in [9.17, 15) is 4.79 Å². The second kappa shape index (κ2) is 3.18. The van der Waals surface area contributed by atoms with Crippen LogP contribution in [0, 0.1) is 0 Å². The predicted octanol–water partition coefficient (Wildman–Crippen LogP) is 1.70. The summed E-state index contributed by atoms with van der Waals surface area (Å²) in [4.78, 5) is 10.2. The molecule has 0 bridgehead atoms. The van der Waals surface area contributed by atoms with Gasteiger partial charge in [-0.2, -0.15) is 0 Å². The Morgan fingerprint density at radius 1 is 1.82 bits per heavy atom. The zero-order valence-corrected chi connectivity index (χ0v) is 6.88. The molecule has 2 heteroatoms. The van der Waals surface area contributed by atoms with Crippen molar-refractivity contribution in [3.8, 4) is 0 Å². The Hall–Kier alpha value is -0.630. The third-order valence-corrected chi connectivity index (χ3v) is 2.19. The molecule has 2 unspecified atom stereocenters. The predicted molar refractivity (Wildman–Crippen MR) is 43.4 cm³/mol. The fourth-order valence-corrected chi connectivity index (χ4v) is 1.37. The minimum absolute atomic E-state index is 0.121. The molecule has 11 heavy (non-hydrogen) atoms. The summed E-state index contributed by atoms with van der Waals surface area (Å²) in [5, 5.41) is 0. The fourth-order valence-electron chi connectivity index (χ4n) is 1.37. The summed E-state index contributed by atoms with van der Waals surface area (Å²) in [6.07, 6.45) is 5.33. The van der Waals surface area contributed by atoms with Crippen molar-refractivity contribution in [2.45, 2.75) is 37.9 Å². The molecule has 1 heterocycles. The molecule has 1 saturated heterocycles. The van der Waals surface area contributed by atoms with Crippen LogP contribution >= 0.6 is 0 Å². The fraction of sp³-hybridized carbons (Fsp3) is 0.667. The molecule has 0 amide bonds. The highest BCUT2D eigenvalue weighted by Crippen LogP contribution is 2.31. The molecule has 1 rings (SSSR count). The molecular weight excluding hydrogens is 140 g/mol. The van der Waals surface area contributed by atoms with E-state index in [-0.39, 0.29) is 11.7 Å². The van der Waals surface area contributed by atoms with Gasteiger partial charge in [0.25, 0.3) is 0 Å². The Labute approximate surface area is 67.2 Å². The smallest absolute Gasteiger partial charge is 0.122 e. The molecule has 2 atom stereocenters. The number of rotatable bonds is 3. The van der Waals surface area contributed by atoms with E-state index in [1.807, 2.05) is 13.0 Å². The number of ether oxygens (including phenoxy) is 1. The monoisotopic (exact) mass is 154 g/mol. The van der Waals surface area contributed by atoms with Crippen LogP contribution in [-0.2, 0) is 9.53 Å². The molecule has 62 valence electrons. The van der Waals surface area contributed by atoms with Crippen molar-refractivity contribution in [2.24, 2.45) is 0 Å². The Bertz CT molecular complexity index is 165. The molecule has 0 radical (unpaired) electrons. The van der Waals surface area contributed by atoms with Gasteiger partial charge in [0.1, 0.15) is 6.29 Å². The summed E-state index contributed by atoms with van der Waals surface area (Å²) >= 11 is 0. The second-order valence-electron chi connectivity index (χ2n) is 3.20. The van der Waals surface area contributed by atoms with Gasteiger partial charge in [-0.3, -0.25) is 0 Å². The van der Waals surface area contributed by atoms with Crippen molar-refractivity contribution >= 4 is 6.29 Å². The van der Waals surface area contributed by atoms with Crippen LogP contribution in [0.15, 0.2) is 12.7 Å². The van der Waals surface area contributed by atoms with Gasteiger partial charge in [0.2, 0.25) is 0 Å². The molecular formula is C9H14O2. The topological polar surface area (TPSA) is 26.3 Å². The van der Waals surface area contributed by atoms with Gasteiger partial charge in [0, 0.05) is 6.42 Å². The summed E-state index contributed by atoms with van der Waals surface area (Å²) < 4.78 is 5.59. The molecule has 1 aliphatic heterocycles. The zero-order chi connectivity index (χ0) is 8.32. The Kier molecular flexibility index (Phi) is 2.45. The van der Waals surface area contributed by atoms with Gasteiger partial charge in [-0.15, -0.1) is 6.58 Å². The average molecular weight is 154 g/mol. The van der Waals surface area contributed by atoms with Gasteiger partial charge in [-0.25, -0.2) is 0 Å². The standard InChI is InChI=1S/C9H14O2/c1-3-9(2)6-4-8(11-9)5-7-10/h3,7-8H,1,4-6H2,2H3. The molecule has 0 aromatic rings. The molecule has 0 spiro atoms. The molecule has 0 N–H and O–H groups in total. The van der Waals surface area contributed by atoms with Crippen LogP contribution in [0.25, 0.3) is 0 Å². The number of hydrogen-bond acceptors (Lipinski definition) is 2. The summed E-state index contributed by atoms with van der Waals surface area (Å²) in [5.41, 5.74) is -0.187. The van der Waals surface area contributed by atoms with Gasteiger partial charge >= 0.3 is 0 Å². The van der Waals surface area contributed by atoms with Crippen molar-refractivity contribution in [3.05, 3.63) is 12.7 Å². The number of hydrogen-bond donors (Lipinski definition) is 0. The van der Waals surface area contributed by atoms with Crippen LogP contribution in [-0.4, -0.2) is 18.0 Å². The molecule has 0 saturated carbocycles. The number of carbonyl (C=O) groups is 1. The van der Waals surface area contributed by atoms with Gasteiger partial charge in [0.05, 0.1) is 11.7 Å². The van der Waals surface area contributed by atoms with Crippen LogP contribution in [0.2, 0.25) is 0 Å². The van der Waals surface area contributed by atoms with Crippen LogP contribution in [0.4, 0.5) is 0 Å². The molecule has 1 fully saturated rings. The molecule has 2 nitrogen and oxygen atoms in total. The Morgan fingerprint density at radius 3 is 3.00 bits per heavy atom. The summed E-state index contributed by atoms with van der Waals surface area (Å²) in [6.45, 7) is 5.70. The van der Waals surface area contributed by atoms with Crippen LogP contribution in [0.1, 0.15) is 26.2 Å². The van der Waals surface area contributed by atoms with E-state index in [1.165, 1.54) is 0 Å². The first kappa shape index (κ1) is 8.47. The van der Waals surface area contributed by atoms with Crippen molar-refractivity contribution in [1.29, 1.82) is 0 Å². The highest BCUT2D eigenvalue weighted by atomic mass is 16.5. The lowest BCUT2D eigenvalue weighted by Crippen LogP contribution is -2.21. The molecule has 0 aromatic heterocycles. The average Bonchev–Trinajstić information content (AvgIpc) is 2.35. The molecule has 0 aromatic carbocycles. The SMILES string of the molecule is C=CC1(C)CCC(CC=O)O1. The first-order valence-electron chi connectivity index (χ1n) is 3.95. The van der Waals surface area contributed by atoms with Gasteiger partial charge in [-0.1, -0.05) is 6.08 Å². The first-order chi connectivity index (χ1) is 5.20. The summed E-state index contributed by atoms with van der Waals surface area (Å²) in [7, 11) is 0. The van der Waals surface area contributed by atoms with E-state index < -0.39 is 0 Å². The third kappa shape index (κ3) is 1.90. The van der Waals surface area contributed by atoms with Crippen molar-refractivity contribution < 1.29 is 9.53 Å². The van der Waals surface area contributed by atoms with Crippen molar-refractivity contribution in [3.63, 3.8) is 0 Å². The minimum atomic E-state index is -0.187. The van der Waals surface area contributed by atoms with Crippen molar-refractivity contribution in [2.75, 3.05) is 0 Å². The normalized spacial score (nSPS) is 37.0. The van der Waals surface area contributed by atoms with E-state index in [1.54, 1.807) is 0 Å². The molecule has 1 aliphatic rings. The third-order valence-electron chi connectivity index (χ3n) is 2.19. The first-order valence-corrected chi connectivity index (χ1v) is 3.95. The lowest BCUT2D eigenvalue weighted by Gasteiger charge is -2.19. The van der Waals surface area contributed by atoms with Gasteiger partial charge in [-0.05, 0) is 19.8 Å².